The summed E-state index contributed by atoms with van der Waals surface area (Å²) in [4.78, 5) is 5.29. The number of ether oxygens (including phenoxy) is 1. The first-order chi connectivity index (χ1) is 8.61. The molecule has 1 aromatic carbocycles. The largest absolute Gasteiger partial charge is 0.493 e. The minimum atomic E-state index is 0.597. The number of anilines is 1. The first-order valence-corrected chi connectivity index (χ1v) is 6.39. The Morgan fingerprint density at radius 1 is 1.33 bits per heavy atom. The molecule has 0 fully saturated rings. The second kappa shape index (κ2) is 7.95. The Morgan fingerprint density at radius 2 is 2.11 bits per heavy atom. The van der Waals surface area contributed by atoms with Gasteiger partial charge >= 0.3 is 0 Å². The Hall–Kier alpha value is -1.26. The average molecular weight is 252 g/mol. The third-order valence-electron chi connectivity index (χ3n) is 2.51. The van der Waals surface area contributed by atoms with Crippen molar-refractivity contribution >= 4 is 5.69 Å². The van der Waals surface area contributed by atoms with Gasteiger partial charge in [0.2, 0.25) is 0 Å². The summed E-state index contributed by atoms with van der Waals surface area (Å²) < 4.78 is 5.62. The van der Waals surface area contributed by atoms with Crippen LogP contribution in [0.25, 0.3) is 0 Å². The molecule has 0 bridgehead atoms. The number of hydrogen-bond donors (Lipinski definition) is 1. The van der Waals surface area contributed by atoms with E-state index in [2.05, 4.69) is 13.8 Å². The lowest BCUT2D eigenvalue weighted by molar-refractivity contribution is -0.138. The van der Waals surface area contributed by atoms with Crippen molar-refractivity contribution in [3.8, 4) is 5.75 Å². The van der Waals surface area contributed by atoms with Gasteiger partial charge in [0.25, 0.3) is 0 Å². The van der Waals surface area contributed by atoms with Gasteiger partial charge in [0.05, 0.1) is 13.7 Å². The van der Waals surface area contributed by atoms with Gasteiger partial charge < -0.3 is 15.3 Å². The molecule has 0 unspecified atom stereocenters. The number of nitrogens with two attached hydrogens (primary N) is 1. The summed E-state index contributed by atoms with van der Waals surface area (Å²) in [5, 5.41) is 1.97. The van der Waals surface area contributed by atoms with Gasteiger partial charge in [-0.1, -0.05) is 19.9 Å². The van der Waals surface area contributed by atoms with E-state index in [4.69, 9.17) is 15.3 Å². The molecule has 18 heavy (non-hydrogen) atoms. The van der Waals surface area contributed by atoms with Crippen LogP contribution in [0, 0.1) is 5.92 Å². The highest BCUT2D eigenvalue weighted by Crippen LogP contribution is 2.14. The van der Waals surface area contributed by atoms with E-state index in [0.29, 0.717) is 12.5 Å². The molecule has 0 saturated heterocycles. The van der Waals surface area contributed by atoms with Gasteiger partial charge in [0.1, 0.15) is 5.75 Å². The van der Waals surface area contributed by atoms with Gasteiger partial charge in [-0.05, 0) is 24.5 Å². The van der Waals surface area contributed by atoms with E-state index in [-0.39, 0.29) is 0 Å². The van der Waals surface area contributed by atoms with Crippen molar-refractivity contribution in [3.63, 3.8) is 0 Å². The van der Waals surface area contributed by atoms with Gasteiger partial charge in [-0.15, -0.1) is 0 Å². The Morgan fingerprint density at radius 3 is 2.72 bits per heavy atom. The van der Waals surface area contributed by atoms with Crippen LogP contribution in [-0.4, -0.2) is 31.9 Å². The number of nitrogens with zero attached hydrogens (tertiary/aromatic N) is 1. The zero-order valence-corrected chi connectivity index (χ0v) is 11.6. The van der Waals surface area contributed by atoms with E-state index in [0.717, 1.165) is 30.9 Å². The summed E-state index contributed by atoms with van der Waals surface area (Å²) in [7, 11) is 1.71. The summed E-state index contributed by atoms with van der Waals surface area (Å²) in [6, 6.07) is 7.49. The van der Waals surface area contributed by atoms with Crippen LogP contribution in [0.2, 0.25) is 0 Å². The second-order valence-corrected chi connectivity index (χ2v) is 4.74. The van der Waals surface area contributed by atoms with Crippen LogP contribution < -0.4 is 10.5 Å². The Labute approximate surface area is 110 Å². The van der Waals surface area contributed by atoms with Crippen molar-refractivity contribution in [2.24, 2.45) is 5.92 Å². The van der Waals surface area contributed by atoms with Gasteiger partial charge in [-0.2, -0.15) is 5.06 Å². The smallest absolute Gasteiger partial charge is 0.121 e. The molecule has 0 aliphatic heterocycles. The average Bonchev–Trinajstić information content (AvgIpc) is 2.32. The van der Waals surface area contributed by atoms with Crippen molar-refractivity contribution in [2.45, 2.75) is 20.3 Å². The Balaban J connectivity index is 2.21. The molecule has 0 spiro atoms. The van der Waals surface area contributed by atoms with Crippen molar-refractivity contribution in [1.82, 2.24) is 5.06 Å². The molecule has 1 aromatic rings. The minimum absolute atomic E-state index is 0.597. The highest BCUT2D eigenvalue weighted by Gasteiger charge is 2.05. The minimum Gasteiger partial charge on any atom is -0.493 e. The van der Waals surface area contributed by atoms with Gasteiger partial charge in [-0.25, -0.2) is 0 Å². The Bertz CT molecular complexity index is 342. The summed E-state index contributed by atoms with van der Waals surface area (Å²) in [5.74, 6) is 1.42. The number of rotatable bonds is 8. The molecule has 0 aromatic heterocycles. The molecular formula is C14H24N2O2. The van der Waals surface area contributed by atoms with E-state index in [1.807, 2.05) is 29.3 Å². The number of benzene rings is 1. The third kappa shape index (κ3) is 5.89. The van der Waals surface area contributed by atoms with E-state index >= 15 is 0 Å². The maximum absolute atomic E-state index is 5.68. The van der Waals surface area contributed by atoms with Crippen LogP contribution in [0.3, 0.4) is 0 Å². The van der Waals surface area contributed by atoms with Crippen molar-refractivity contribution in [3.05, 3.63) is 24.3 Å². The molecule has 2 N–H and O–H groups in total. The number of nitrogen functional groups attached to an aromatic ring is 1. The number of hydrogen-bond acceptors (Lipinski definition) is 4. The highest BCUT2D eigenvalue weighted by atomic mass is 16.7. The quantitative estimate of drug-likeness (QED) is 0.439. The highest BCUT2D eigenvalue weighted by molar-refractivity contribution is 5.43. The fourth-order valence-electron chi connectivity index (χ4n) is 1.70. The first kappa shape index (κ1) is 14.8. The maximum Gasteiger partial charge on any atom is 0.121 e. The van der Waals surface area contributed by atoms with Crippen LogP contribution in [0.1, 0.15) is 20.3 Å². The predicted molar refractivity (Wildman–Crippen MR) is 74.4 cm³/mol. The molecule has 102 valence electrons. The number of hydroxylamine groups is 2. The summed E-state index contributed by atoms with van der Waals surface area (Å²) in [5.41, 5.74) is 6.41. The van der Waals surface area contributed by atoms with E-state index in [1.54, 1.807) is 7.11 Å². The van der Waals surface area contributed by atoms with Crippen LogP contribution >= 0.6 is 0 Å². The first-order valence-electron chi connectivity index (χ1n) is 6.39. The monoisotopic (exact) mass is 252 g/mol. The third-order valence-corrected chi connectivity index (χ3v) is 2.51. The molecule has 0 amide bonds. The van der Waals surface area contributed by atoms with Crippen LogP contribution in [-0.2, 0) is 4.84 Å². The molecule has 0 saturated carbocycles. The van der Waals surface area contributed by atoms with Crippen molar-refractivity contribution in [2.75, 3.05) is 32.5 Å². The molecule has 0 atom stereocenters. The fraction of sp³-hybridized carbons (Fsp3) is 0.571. The lowest BCUT2D eigenvalue weighted by Gasteiger charge is -2.21. The predicted octanol–water partition coefficient (Wildman–Crippen LogP) is 2.56. The maximum atomic E-state index is 5.68. The van der Waals surface area contributed by atoms with E-state index < -0.39 is 0 Å². The van der Waals surface area contributed by atoms with E-state index in [1.165, 1.54) is 0 Å². The molecule has 1 rings (SSSR count). The lowest BCUT2D eigenvalue weighted by atomic mass is 10.2. The van der Waals surface area contributed by atoms with Crippen molar-refractivity contribution in [1.29, 1.82) is 0 Å². The van der Waals surface area contributed by atoms with Crippen LogP contribution in [0.15, 0.2) is 24.3 Å². The van der Waals surface area contributed by atoms with Crippen LogP contribution in [0.5, 0.6) is 5.75 Å². The summed E-state index contributed by atoms with van der Waals surface area (Å²) in [6.45, 7) is 6.83. The summed E-state index contributed by atoms with van der Waals surface area (Å²) in [6.07, 6.45) is 0.926. The van der Waals surface area contributed by atoms with E-state index in [9.17, 15) is 0 Å². The zero-order chi connectivity index (χ0) is 13.4. The van der Waals surface area contributed by atoms with Gasteiger partial charge in [0.15, 0.2) is 0 Å². The molecule has 4 nitrogen and oxygen atoms in total. The standard InChI is InChI=1S/C14H24N2O2/c1-12(2)11-16(17-3)8-5-9-18-14-7-4-6-13(15)10-14/h4,6-7,10,12H,5,8-9,11,15H2,1-3H3. The molecule has 0 aliphatic carbocycles. The molecule has 0 heterocycles. The van der Waals surface area contributed by atoms with Crippen LogP contribution in [0.4, 0.5) is 5.69 Å². The topological polar surface area (TPSA) is 47.7 Å². The normalized spacial score (nSPS) is 11.2. The van der Waals surface area contributed by atoms with Gasteiger partial charge in [0, 0.05) is 24.8 Å². The van der Waals surface area contributed by atoms with Crippen molar-refractivity contribution < 1.29 is 9.57 Å². The fourth-order valence-corrected chi connectivity index (χ4v) is 1.70. The van der Waals surface area contributed by atoms with Gasteiger partial charge in [-0.3, -0.25) is 0 Å². The Kier molecular flexibility index (Phi) is 6.54. The lowest BCUT2D eigenvalue weighted by Crippen LogP contribution is -2.28. The second-order valence-electron chi connectivity index (χ2n) is 4.74. The molecular weight excluding hydrogens is 228 g/mol. The molecule has 0 aliphatic rings. The SMILES string of the molecule is CON(CCCOc1cccc(N)c1)CC(C)C. The molecule has 0 radical (unpaired) electrons. The zero-order valence-electron chi connectivity index (χ0n) is 11.6. The summed E-state index contributed by atoms with van der Waals surface area (Å²) >= 11 is 0. The molecule has 4 heteroatoms.